The summed E-state index contributed by atoms with van der Waals surface area (Å²) in [6.07, 6.45) is 8.45. The molecule has 0 radical (unpaired) electrons. The van der Waals surface area contributed by atoms with E-state index >= 15 is 0 Å². The Kier molecular flexibility index (Phi) is 4.93. The Hall–Kier alpha value is -1.26. The van der Waals surface area contributed by atoms with Crippen molar-refractivity contribution in [3.8, 4) is 0 Å². The van der Waals surface area contributed by atoms with Crippen molar-refractivity contribution in [3.63, 3.8) is 0 Å². The molecule has 0 saturated carbocycles. The highest BCUT2D eigenvalue weighted by atomic mass is 15.4. The molecular weight excluding hydrogens is 190 g/mol. The highest BCUT2D eigenvalue weighted by molar-refractivity contribution is 5.16. The summed E-state index contributed by atoms with van der Waals surface area (Å²) in [5, 5.41) is 7.62. The van der Waals surface area contributed by atoms with Crippen molar-refractivity contribution in [2.75, 3.05) is 11.6 Å². The fraction of sp³-hybridized carbons (Fsp3) is 0.800. The van der Waals surface area contributed by atoms with Crippen LogP contribution in [0.15, 0.2) is 0 Å². The first-order chi connectivity index (χ1) is 7.25. The zero-order chi connectivity index (χ0) is 11.1. The molecule has 1 aromatic rings. The molecule has 0 spiro atoms. The van der Waals surface area contributed by atoms with E-state index in [0.29, 0.717) is 0 Å². The van der Waals surface area contributed by atoms with Gasteiger partial charge >= 0.3 is 0 Å². The standard InChI is InChI=1S/C10H21N5/c1-2-3-4-5-6-7-8-9-13-14-10(11)15(9)12/h2-8,12H2,1H3,(H2,11,14). The maximum absolute atomic E-state index is 5.63. The van der Waals surface area contributed by atoms with Crippen molar-refractivity contribution in [3.05, 3.63) is 5.82 Å². The number of nitrogens with zero attached hydrogens (tertiary/aromatic N) is 3. The van der Waals surface area contributed by atoms with Gasteiger partial charge in [-0.3, -0.25) is 0 Å². The minimum Gasteiger partial charge on any atom is -0.366 e. The Morgan fingerprint density at radius 2 is 1.73 bits per heavy atom. The SMILES string of the molecule is CCCCCCCCc1nnc(N)n1N. The van der Waals surface area contributed by atoms with Crippen LogP contribution in [0.4, 0.5) is 5.95 Å². The van der Waals surface area contributed by atoms with E-state index in [4.69, 9.17) is 11.6 Å². The molecule has 0 amide bonds. The van der Waals surface area contributed by atoms with Gasteiger partial charge in [0, 0.05) is 6.42 Å². The first-order valence-corrected chi connectivity index (χ1v) is 5.70. The molecule has 0 aliphatic heterocycles. The second kappa shape index (κ2) is 6.27. The van der Waals surface area contributed by atoms with Crippen LogP contribution in [0.25, 0.3) is 0 Å². The minimum atomic E-state index is 0.288. The minimum absolute atomic E-state index is 0.288. The fourth-order valence-corrected chi connectivity index (χ4v) is 1.57. The van der Waals surface area contributed by atoms with Crippen molar-refractivity contribution in [2.24, 2.45) is 0 Å². The van der Waals surface area contributed by atoms with Gasteiger partial charge in [-0.05, 0) is 6.42 Å². The summed E-state index contributed by atoms with van der Waals surface area (Å²) in [4.78, 5) is 0. The normalized spacial score (nSPS) is 10.7. The van der Waals surface area contributed by atoms with Crippen LogP contribution in [0.2, 0.25) is 0 Å². The predicted molar refractivity (Wildman–Crippen MR) is 61.7 cm³/mol. The number of nitrogen functional groups attached to an aromatic ring is 2. The van der Waals surface area contributed by atoms with E-state index in [-0.39, 0.29) is 5.95 Å². The number of rotatable bonds is 7. The third kappa shape index (κ3) is 3.77. The lowest BCUT2D eigenvalue weighted by Gasteiger charge is -2.01. The van der Waals surface area contributed by atoms with Crippen LogP contribution in [0, 0.1) is 0 Å². The molecule has 15 heavy (non-hydrogen) atoms. The zero-order valence-corrected chi connectivity index (χ0v) is 9.45. The quantitative estimate of drug-likeness (QED) is 0.528. The van der Waals surface area contributed by atoms with Crippen molar-refractivity contribution in [1.82, 2.24) is 14.9 Å². The van der Waals surface area contributed by atoms with Crippen molar-refractivity contribution in [1.29, 1.82) is 0 Å². The van der Waals surface area contributed by atoms with E-state index in [9.17, 15) is 0 Å². The van der Waals surface area contributed by atoms with Crippen LogP contribution in [-0.4, -0.2) is 14.9 Å². The summed E-state index contributed by atoms with van der Waals surface area (Å²) < 4.78 is 1.37. The van der Waals surface area contributed by atoms with Crippen LogP contribution in [0.1, 0.15) is 51.3 Å². The van der Waals surface area contributed by atoms with Crippen molar-refractivity contribution < 1.29 is 0 Å². The molecule has 0 aromatic carbocycles. The molecule has 5 nitrogen and oxygen atoms in total. The lowest BCUT2D eigenvalue weighted by Crippen LogP contribution is -2.15. The van der Waals surface area contributed by atoms with Crippen LogP contribution in [0.5, 0.6) is 0 Å². The fourth-order valence-electron chi connectivity index (χ4n) is 1.57. The number of aryl methyl sites for hydroxylation is 1. The topological polar surface area (TPSA) is 82.8 Å². The molecule has 1 aromatic heterocycles. The highest BCUT2D eigenvalue weighted by Gasteiger charge is 2.04. The number of anilines is 1. The Morgan fingerprint density at radius 1 is 1.07 bits per heavy atom. The van der Waals surface area contributed by atoms with Crippen molar-refractivity contribution in [2.45, 2.75) is 51.9 Å². The highest BCUT2D eigenvalue weighted by Crippen LogP contribution is 2.08. The molecule has 0 fully saturated rings. The molecular formula is C10H21N5. The Morgan fingerprint density at radius 3 is 2.33 bits per heavy atom. The van der Waals surface area contributed by atoms with Crippen LogP contribution >= 0.6 is 0 Å². The molecule has 0 saturated heterocycles. The van der Waals surface area contributed by atoms with Crippen LogP contribution < -0.4 is 11.6 Å². The van der Waals surface area contributed by atoms with Gasteiger partial charge in [-0.25, -0.2) is 4.68 Å². The van der Waals surface area contributed by atoms with Gasteiger partial charge in [0.2, 0.25) is 5.95 Å². The van der Waals surface area contributed by atoms with Gasteiger partial charge in [-0.2, -0.15) is 0 Å². The van der Waals surface area contributed by atoms with Crippen LogP contribution in [0.3, 0.4) is 0 Å². The largest absolute Gasteiger partial charge is 0.366 e. The molecule has 86 valence electrons. The number of hydrogen-bond donors (Lipinski definition) is 2. The zero-order valence-electron chi connectivity index (χ0n) is 9.45. The number of aromatic nitrogens is 3. The Balaban J connectivity index is 2.12. The van der Waals surface area contributed by atoms with E-state index in [1.54, 1.807) is 0 Å². The Labute approximate surface area is 90.8 Å². The second-order valence-electron chi connectivity index (χ2n) is 3.86. The maximum atomic E-state index is 5.63. The first kappa shape index (κ1) is 11.8. The molecule has 0 aliphatic carbocycles. The molecule has 1 rings (SSSR count). The van der Waals surface area contributed by atoms with Crippen LogP contribution in [-0.2, 0) is 6.42 Å². The summed E-state index contributed by atoms with van der Waals surface area (Å²) in [6.45, 7) is 2.22. The summed E-state index contributed by atoms with van der Waals surface area (Å²) in [7, 11) is 0. The average molecular weight is 211 g/mol. The molecule has 1 heterocycles. The maximum Gasteiger partial charge on any atom is 0.240 e. The van der Waals surface area contributed by atoms with Gasteiger partial charge < -0.3 is 11.6 Å². The second-order valence-corrected chi connectivity index (χ2v) is 3.86. The summed E-state index contributed by atoms with van der Waals surface area (Å²) in [6, 6.07) is 0. The lowest BCUT2D eigenvalue weighted by molar-refractivity contribution is 0.597. The third-order valence-corrected chi connectivity index (χ3v) is 2.55. The van der Waals surface area contributed by atoms with Gasteiger partial charge in [-0.1, -0.05) is 39.0 Å². The Bertz CT molecular complexity index is 281. The third-order valence-electron chi connectivity index (χ3n) is 2.55. The van der Waals surface area contributed by atoms with Gasteiger partial charge in [-0.15, -0.1) is 10.2 Å². The lowest BCUT2D eigenvalue weighted by atomic mass is 10.1. The summed E-state index contributed by atoms with van der Waals surface area (Å²) >= 11 is 0. The molecule has 0 aliphatic rings. The summed E-state index contributed by atoms with van der Waals surface area (Å²) in [5.74, 6) is 6.70. The number of hydrogen-bond acceptors (Lipinski definition) is 4. The molecule has 0 atom stereocenters. The monoisotopic (exact) mass is 211 g/mol. The van der Waals surface area contributed by atoms with E-state index in [1.807, 2.05) is 0 Å². The number of unbranched alkanes of at least 4 members (excludes halogenated alkanes) is 5. The van der Waals surface area contributed by atoms with Gasteiger partial charge in [0.05, 0.1) is 0 Å². The smallest absolute Gasteiger partial charge is 0.240 e. The predicted octanol–water partition coefficient (Wildman–Crippen LogP) is 1.48. The summed E-state index contributed by atoms with van der Waals surface area (Å²) in [5.41, 5.74) is 5.47. The molecule has 5 heteroatoms. The molecule has 4 N–H and O–H groups in total. The van der Waals surface area contributed by atoms with Gasteiger partial charge in [0.25, 0.3) is 0 Å². The van der Waals surface area contributed by atoms with E-state index < -0.39 is 0 Å². The van der Waals surface area contributed by atoms with E-state index in [1.165, 1.54) is 36.8 Å². The molecule has 0 bridgehead atoms. The van der Waals surface area contributed by atoms with Gasteiger partial charge in [0.1, 0.15) is 0 Å². The first-order valence-electron chi connectivity index (χ1n) is 5.70. The average Bonchev–Trinajstić information content (AvgIpc) is 2.54. The number of nitrogens with two attached hydrogens (primary N) is 2. The van der Waals surface area contributed by atoms with E-state index in [0.717, 1.165) is 18.7 Å². The van der Waals surface area contributed by atoms with Gasteiger partial charge in [0.15, 0.2) is 5.82 Å². The van der Waals surface area contributed by atoms with Crippen molar-refractivity contribution >= 4 is 5.95 Å². The van der Waals surface area contributed by atoms with E-state index in [2.05, 4.69) is 17.1 Å². The molecule has 0 unspecified atom stereocenters.